The molecule has 19 heavy (non-hydrogen) atoms. The van der Waals surface area contributed by atoms with Gasteiger partial charge in [0.2, 0.25) is 5.91 Å². The van der Waals surface area contributed by atoms with E-state index < -0.39 is 0 Å². The van der Waals surface area contributed by atoms with Crippen LogP contribution in [-0.4, -0.2) is 61.0 Å². The summed E-state index contributed by atoms with van der Waals surface area (Å²) in [6.07, 6.45) is 6.56. The van der Waals surface area contributed by atoms with E-state index in [0.29, 0.717) is 11.9 Å². The number of carbonyl (C=O) groups is 1. The van der Waals surface area contributed by atoms with Crippen molar-refractivity contribution in [1.82, 2.24) is 15.1 Å². The Morgan fingerprint density at radius 2 is 2.00 bits per heavy atom. The molecule has 2 heterocycles. The summed E-state index contributed by atoms with van der Waals surface area (Å²) < 4.78 is 0. The SMILES string of the molecule is CCCC(=O)N1CCCCC1CCN1CCNCC1. The van der Waals surface area contributed by atoms with Gasteiger partial charge >= 0.3 is 0 Å². The highest BCUT2D eigenvalue weighted by Crippen LogP contribution is 2.21. The van der Waals surface area contributed by atoms with Gasteiger partial charge in [0.1, 0.15) is 0 Å². The van der Waals surface area contributed by atoms with E-state index in [1.165, 1.54) is 19.3 Å². The van der Waals surface area contributed by atoms with Crippen molar-refractivity contribution in [3.8, 4) is 0 Å². The number of piperidine rings is 1. The molecule has 0 saturated carbocycles. The second kappa shape index (κ2) is 7.85. The molecule has 110 valence electrons. The molecule has 2 aliphatic heterocycles. The summed E-state index contributed by atoms with van der Waals surface area (Å²) in [5.74, 6) is 0.382. The standard InChI is InChI=1S/C15H29N3O/c1-2-5-15(19)18-10-4-3-6-14(18)7-11-17-12-8-16-9-13-17/h14,16H,2-13H2,1H3. The van der Waals surface area contributed by atoms with Crippen LogP contribution < -0.4 is 5.32 Å². The monoisotopic (exact) mass is 267 g/mol. The van der Waals surface area contributed by atoms with Gasteiger partial charge in [0, 0.05) is 51.7 Å². The van der Waals surface area contributed by atoms with Crippen LogP contribution in [0.15, 0.2) is 0 Å². The molecule has 0 radical (unpaired) electrons. The Kier molecular flexibility index (Phi) is 6.11. The van der Waals surface area contributed by atoms with E-state index in [1.54, 1.807) is 0 Å². The number of hydrogen-bond acceptors (Lipinski definition) is 3. The van der Waals surface area contributed by atoms with Gasteiger partial charge in [0.25, 0.3) is 0 Å². The lowest BCUT2D eigenvalue weighted by Gasteiger charge is -2.37. The molecule has 1 unspecified atom stereocenters. The summed E-state index contributed by atoms with van der Waals surface area (Å²) in [4.78, 5) is 16.9. The van der Waals surface area contributed by atoms with Crippen molar-refractivity contribution in [2.75, 3.05) is 39.3 Å². The van der Waals surface area contributed by atoms with Crippen LogP contribution in [0.2, 0.25) is 0 Å². The van der Waals surface area contributed by atoms with Gasteiger partial charge in [-0.1, -0.05) is 6.92 Å². The molecule has 0 bridgehead atoms. The zero-order valence-corrected chi connectivity index (χ0v) is 12.4. The van der Waals surface area contributed by atoms with Crippen molar-refractivity contribution in [3.05, 3.63) is 0 Å². The first kappa shape index (κ1) is 14.8. The summed E-state index contributed by atoms with van der Waals surface area (Å²) >= 11 is 0. The smallest absolute Gasteiger partial charge is 0.222 e. The molecule has 2 rings (SSSR count). The third-order valence-electron chi connectivity index (χ3n) is 4.40. The van der Waals surface area contributed by atoms with Crippen molar-refractivity contribution in [1.29, 1.82) is 0 Å². The fraction of sp³-hybridized carbons (Fsp3) is 0.933. The molecule has 4 heteroatoms. The highest BCUT2D eigenvalue weighted by molar-refractivity contribution is 5.76. The zero-order chi connectivity index (χ0) is 13.5. The largest absolute Gasteiger partial charge is 0.340 e. The molecule has 2 saturated heterocycles. The molecule has 1 atom stereocenters. The first-order valence-electron chi connectivity index (χ1n) is 8.04. The second-order valence-electron chi connectivity index (χ2n) is 5.87. The predicted octanol–water partition coefficient (Wildman–Crippen LogP) is 1.46. The van der Waals surface area contributed by atoms with Crippen LogP contribution in [0.3, 0.4) is 0 Å². The number of hydrogen-bond donors (Lipinski definition) is 1. The molecule has 0 aromatic carbocycles. The fourth-order valence-corrected chi connectivity index (χ4v) is 3.25. The molecule has 0 aromatic heterocycles. The van der Waals surface area contributed by atoms with Crippen LogP contribution >= 0.6 is 0 Å². The molecule has 0 aliphatic carbocycles. The average molecular weight is 267 g/mol. The lowest BCUT2D eigenvalue weighted by molar-refractivity contribution is -0.135. The number of nitrogens with one attached hydrogen (secondary N) is 1. The normalized spacial score (nSPS) is 25.5. The highest BCUT2D eigenvalue weighted by Gasteiger charge is 2.26. The number of rotatable bonds is 5. The number of piperazine rings is 1. The van der Waals surface area contributed by atoms with Gasteiger partial charge in [-0.25, -0.2) is 0 Å². The summed E-state index contributed by atoms with van der Waals surface area (Å²) in [6, 6.07) is 0.502. The first-order valence-corrected chi connectivity index (χ1v) is 8.04. The zero-order valence-electron chi connectivity index (χ0n) is 12.4. The van der Waals surface area contributed by atoms with Crippen molar-refractivity contribution < 1.29 is 4.79 Å². The minimum absolute atomic E-state index is 0.382. The van der Waals surface area contributed by atoms with E-state index in [0.717, 1.165) is 58.5 Å². The van der Waals surface area contributed by atoms with Gasteiger partial charge in [-0.05, 0) is 32.1 Å². The van der Waals surface area contributed by atoms with Crippen LogP contribution in [-0.2, 0) is 4.79 Å². The van der Waals surface area contributed by atoms with Gasteiger partial charge in [-0.15, -0.1) is 0 Å². The second-order valence-corrected chi connectivity index (χ2v) is 5.87. The van der Waals surface area contributed by atoms with Crippen molar-refractivity contribution in [2.24, 2.45) is 0 Å². The van der Waals surface area contributed by atoms with E-state index in [2.05, 4.69) is 22.0 Å². The Bertz CT molecular complexity index is 277. The Hall–Kier alpha value is -0.610. The number of carbonyl (C=O) groups excluding carboxylic acids is 1. The van der Waals surface area contributed by atoms with Gasteiger partial charge < -0.3 is 15.1 Å². The number of amides is 1. The van der Waals surface area contributed by atoms with E-state index in [4.69, 9.17) is 0 Å². The van der Waals surface area contributed by atoms with E-state index in [1.807, 2.05) is 0 Å². The van der Waals surface area contributed by atoms with E-state index >= 15 is 0 Å². The molecule has 0 aromatic rings. The Morgan fingerprint density at radius 3 is 2.74 bits per heavy atom. The van der Waals surface area contributed by atoms with E-state index in [9.17, 15) is 4.79 Å². The Morgan fingerprint density at radius 1 is 1.21 bits per heavy atom. The molecule has 0 spiro atoms. The summed E-state index contributed by atoms with van der Waals surface area (Å²) in [7, 11) is 0. The van der Waals surface area contributed by atoms with Gasteiger partial charge in [-0.2, -0.15) is 0 Å². The minimum Gasteiger partial charge on any atom is -0.340 e. The maximum absolute atomic E-state index is 12.2. The molecule has 1 N–H and O–H groups in total. The van der Waals surface area contributed by atoms with Crippen molar-refractivity contribution in [2.45, 2.75) is 51.5 Å². The number of likely N-dealkylation sites (tertiary alicyclic amines) is 1. The molecule has 2 fully saturated rings. The van der Waals surface area contributed by atoms with E-state index in [-0.39, 0.29) is 0 Å². The van der Waals surface area contributed by atoms with Gasteiger partial charge in [-0.3, -0.25) is 4.79 Å². The maximum atomic E-state index is 12.2. The highest BCUT2D eigenvalue weighted by atomic mass is 16.2. The molecule has 1 amide bonds. The predicted molar refractivity (Wildman–Crippen MR) is 78.2 cm³/mol. The van der Waals surface area contributed by atoms with Gasteiger partial charge in [0.05, 0.1) is 0 Å². The summed E-state index contributed by atoms with van der Waals surface area (Å²) in [5, 5.41) is 3.39. The van der Waals surface area contributed by atoms with Crippen LogP contribution in [0.4, 0.5) is 0 Å². The summed E-state index contributed by atoms with van der Waals surface area (Å²) in [5.41, 5.74) is 0. The first-order chi connectivity index (χ1) is 9.31. The third kappa shape index (κ3) is 4.46. The van der Waals surface area contributed by atoms with Crippen LogP contribution in [0, 0.1) is 0 Å². The van der Waals surface area contributed by atoms with Gasteiger partial charge in [0.15, 0.2) is 0 Å². The topological polar surface area (TPSA) is 35.6 Å². The Balaban J connectivity index is 1.79. The minimum atomic E-state index is 0.382. The van der Waals surface area contributed by atoms with Crippen LogP contribution in [0.5, 0.6) is 0 Å². The summed E-state index contributed by atoms with van der Waals surface area (Å²) in [6.45, 7) is 8.79. The molecule has 4 nitrogen and oxygen atoms in total. The molecular weight excluding hydrogens is 238 g/mol. The third-order valence-corrected chi connectivity index (χ3v) is 4.40. The lowest BCUT2D eigenvalue weighted by Crippen LogP contribution is -2.48. The lowest BCUT2D eigenvalue weighted by atomic mass is 9.98. The number of nitrogens with zero attached hydrogens (tertiary/aromatic N) is 2. The quantitative estimate of drug-likeness (QED) is 0.819. The average Bonchev–Trinajstić information content (AvgIpc) is 2.47. The maximum Gasteiger partial charge on any atom is 0.222 e. The van der Waals surface area contributed by atoms with Crippen molar-refractivity contribution >= 4 is 5.91 Å². The Labute approximate surface area is 117 Å². The van der Waals surface area contributed by atoms with Crippen molar-refractivity contribution in [3.63, 3.8) is 0 Å². The fourth-order valence-electron chi connectivity index (χ4n) is 3.25. The molecule has 2 aliphatic rings. The molecular formula is C15H29N3O. The van der Waals surface area contributed by atoms with Crippen LogP contribution in [0.1, 0.15) is 45.4 Å². The van der Waals surface area contributed by atoms with Crippen LogP contribution in [0.25, 0.3) is 0 Å².